The van der Waals surface area contributed by atoms with Crippen molar-refractivity contribution in [3.05, 3.63) is 54.1 Å². The van der Waals surface area contributed by atoms with Crippen LogP contribution in [-0.4, -0.2) is 12.6 Å². The summed E-state index contributed by atoms with van der Waals surface area (Å²) in [6, 6.07) is 7.39. The molecule has 2 aromatic rings. The molecule has 0 radical (unpaired) electrons. The summed E-state index contributed by atoms with van der Waals surface area (Å²) in [7, 11) is 0. The van der Waals surface area contributed by atoms with E-state index in [1.807, 2.05) is 0 Å². The maximum atomic E-state index is 13.0. The highest BCUT2D eigenvalue weighted by atomic mass is 19.3. The molecule has 4 nitrogen and oxygen atoms in total. The number of rotatable bonds is 4. The first kappa shape index (κ1) is 15.6. The molecule has 8 heteroatoms. The summed E-state index contributed by atoms with van der Waals surface area (Å²) in [5, 5.41) is 4.69. The lowest BCUT2D eigenvalue weighted by molar-refractivity contribution is -0.0498. The van der Waals surface area contributed by atoms with Crippen molar-refractivity contribution >= 4 is 17.4 Å². The second-order valence-electron chi connectivity index (χ2n) is 4.11. The van der Waals surface area contributed by atoms with Crippen LogP contribution in [0.1, 0.15) is 0 Å². The fourth-order valence-corrected chi connectivity index (χ4v) is 1.59. The lowest BCUT2D eigenvalue weighted by atomic mass is 10.3. The summed E-state index contributed by atoms with van der Waals surface area (Å²) < 4.78 is 53.8. The Kier molecular flexibility index (Phi) is 4.82. The van der Waals surface area contributed by atoms with E-state index in [1.54, 1.807) is 0 Å². The van der Waals surface area contributed by atoms with Crippen LogP contribution in [0.3, 0.4) is 0 Å². The van der Waals surface area contributed by atoms with Gasteiger partial charge in [0.05, 0.1) is 0 Å². The van der Waals surface area contributed by atoms with Gasteiger partial charge in [0.15, 0.2) is 11.6 Å². The summed E-state index contributed by atoms with van der Waals surface area (Å²) in [5.74, 6) is -2.17. The van der Waals surface area contributed by atoms with Gasteiger partial charge in [0.25, 0.3) is 0 Å². The van der Waals surface area contributed by atoms with E-state index >= 15 is 0 Å². The molecule has 0 spiro atoms. The van der Waals surface area contributed by atoms with Crippen LogP contribution in [0.15, 0.2) is 42.5 Å². The van der Waals surface area contributed by atoms with Gasteiger partial charge in [0, 0.05) is 17.4 Å². The predicted molar refractivity (Wildman–Crippen MR) is 72.1 cm³/mol. The van der Waals surface area contributed by atoms with Crippen LogP contribution in [0, 0.1) is 11.6 Å². The largest absolute Gasteiger partial charge is 0.435 e. The Balaban J connectivity index is 1.95. The number of nitrogens with one attached hydrogen (secondary N) is 2. The van der Waals surface area contributed by atoms with Crippen LogP contribution in [-0.2, 0) is 0 Å². The molecule has 2 aromatic carbocycles. The summed E-state index contributed by atoms with van der Waals surface area (Å²) in [6.07, 6.45) is 0. The van der Waals surface area contributed by atoms with Crippen LogP contribution in [0.25, 0.3) is 0 Å². The molecule has 0 aliphatic carbocycles. The third-order valence-electron chi connectivity index (χ3n) is 2.51. The smallest absolute Gasteiger partial charge is 0.387 e. The predicted octanol–water partition coefficient (Wildman–Crippen LogP) is 4.21. The molecule has 0 fully saturated rings. The number of benzene rings is 2. The first-order valence-electron chi connectivity index (χ1n) is 6.02. The van der Waals surface area contributed by atoms with Crippen LogP contribution >= 0.6 is 0 Å². The SMILES string of the molecule is O=C(Nc1ccc(OC(F)F)cc1)Nc1ccc(F)c(F)c1. The quantitative estimate of drug-likeness (QED) is 0.831. The molecule has 22 heavy (non-hydrogen) atoms. The minimum atomic E-state index is -2.93. The molecule has 2 N–H and O–H groups in total. The minimum absolute atomic E-state index is 0.0541. The van der Waals surface area contributed by atoms with Gasteiger partial charge >= 0.3 is 12.6 Å². The van der Waals surface area contributed by atoms with E-state index in [0.29, 0.717) is 5.69 Å². The molecule has 0 heterocycles. The molecule has 116 valence electrons. The van der Waals surface area contributed by atoms with E-state index in [4.69, 9.17) is 0 Å². The molecule has 0 bridgehead atoms. The highest BCUT2D eigenvalue weighted by molar-refractivity contribution is 5.99. The van der Waals surface area contributed by atoms with Crippen molar-refractivity contribution < 1.29 is 27.1 Å². The molecule has 0 atom stereocenters. The standard InChI is InChI=1S/C14H10F4N2O2/c15-11-6-3-9(7-12(11)16)20-14(21)19-8-1-4-10(5-2-8)22-13(17)18/h1-7,13H,(H2,19,20,21). The Morgan fingerprint density at radius 3 is 2.09 bits per heavy atom. The van der Waals surface area contributed by atoms with E-state index < -0.39 is 24.3 Å². The Morgan fingerprint density at radius 1 is 0.909 bits per heavy atom. The number of urea groups is 1. The maximum Gasteiger partial charge on any atom is 0.387 e. The van der Waals surface area contributed by atoms with Crippen molar-refractivity contribution in [2.45, 2.75) is 6.61 Å². The summed E-state index contributed by atoms with van der Waals surface area (Å²) in [6.45, 7) is -2.93. The van der Waals surface area contributed by atoms with Gasteiger partial charge in [-0.25, -0.2) is 13.6 Å². The molecule has 0 saturated carbocycles. The Labute approximate surface area is 122 Å². The number of halogens is 4. The second-order valence-corrected chi connectivity index (χ2v) is 4.11. The van der Waals surface area contributed by atoms with Crippen molar-refractivity contribution in [3.8, 4) is 5.75 Å². The van der Waals surface area contributed by atoms with Gasteiger partial charge in [-0.05, 0) is 36.4 Å². The number of alkyl halides is 2. The minimum Gasteiger partial charge on any atom is -0.435 e. The number of ether oxygens (including phenoxy) is 1. The zero-order valence-corrected chi connectivity index (χ0v) is 10.9. The van der Waals surface area contributed by atoms with Crippen LogP contribution in [0.2, 0.25) is 0 Å². The fraction of sp³-hybridized carbons (Fsp3) is 0.0714. The average molecular weight is 314 g/mol. The van der Waals surface area contributed by atoms with Gasteiger partial charge in [-0.3, -0.25) is 0 Å². The number of hydrogen-bond donors (Lipinski definition) is 2. The first-order chi connectivity index (χ1) is 10.4. The Hall–Kier alpha value is -2.77. The van der Waals surface area contributed by atoms with Crippen LogP contribution < -0.4 is 15.4 Å². The van der Waals surface area contributed by atoms with Gasteiger partial charge < -0.3 is 15.4 Å². The van der Waals surface area contributed by atoms with Gasteiger partial charge in [-0.2, -0.15) is 8.78 Å². The molecular weight excluding hydrogens is 304 g/mol. The monoisotopic (exact) mass is 314 g/mol. The average Bonchev–Trinajstić information content (AvgIpc) is 2.44. The number of hydrogen-bond acceptors (Lipinski definition) is 2. The van der Waals surface area contributed by atoms with E-state index in [1.165, 1.54) is 30.3 Å². The number of carbonyl (C=O) groups excluding carboxylic acids is 1. The lowest BCUT2D eigenvalue weighted by Gasteiger charge is -2.09. The molecule has 0 unspecified atom stereocenters. The molecule has 2 rings (SSSR count). The number of anilines is 2. The van der Waals surface area contributed by atoms with Crippen molar-refractivity contribution in [3.63, 3.8) is 0 Å². The van der Waals surface area contributed by atoms with Gasteiger partial charge in [-0.15, -0.1) is 0 Å². The molecule has 0 aliphatic rings. The Bertz CT molecular complexity index is 662. The zero-order chi connectivity index (χ0) is 16.1. The lowest BCUT2D eigenvalue weighted by Crippen LogP contribution is -2.19. The van der Waals surface area contributed by atoms with Crippen LogP contribution in [0.4, 0.5) is 33.7 Å². The molecule has 2 amide bonds. The summed E-state index contributed by atoms with van der Waals surface area (Å²) in [4.78, 5) is 11.7. The van der Waals surface area contributed by atoms with Gasteiger partial charge in [0.2, 0.25) is 0 Å². The normalized spacial score (nSPS) is 10.4. The third kappa shape index (κ3) is 4.37. The zero-order valence-electron chi connectivity index (χ0n) is 10.9. The van der Waals surface area contributed by atoms with Gasteiger partial charge in [0.1, 0.15) is 5.75 Å². The first-order valence-corrected chi connectivity index (χ1v) is 6.02. The molecule has 0 aliphatic heterocycles. The highest BCUT2D eigenvalue weighted by Crippen LogP contribution is 2.18. The van der Waals surface area contributed by atoms with E-state index in [-0.39, 0.29) is 11.4 Å². The van der Waals surface area contributed by atoms with Gasteiger partial charge in [-0.1, -0.05) is 0 Å². The van der Waals surface area contributed by atoms with Crippen molar-refractivity contribution in [1.29, 1.82) is 0 Å². The number of amides is 2. The van der Waals surface area contributed by atoms with Crippen molar-refractivity contribution in [2.24, 2.45) is 0 Å². The van der Waals surface area contributed by atoms with Crippen molar-refractivity contribution in [2.75, 3.05) is 10.6 Å². The number of carbonyl (C=O) groups is 1. The fourth-order valence-electron chi connectivity index (χ4n) is 1.59. The van der Waals surface area contributed by atoms with E-state index in [0.717, 1.165) is 12.1 Å². The third-order valence-corrected chi connectivity index (χ3v) is 2.51. The molecular formula is C14H10F4N2O2. The highest BCUT2D eigenvalue weighted by Gasteiger charge is 2.07. The van der Waals surface area contributed by atoms with E-state index in [2.05, 4.69) is 15.4 Å². The summed E-state index contributed by atoms with van der Waals surface area (Å²) in [5.41, 5.74) is 0.371. The molecule has 0 saturated heterocycles. The van der Waals surface area contributed by atoms with Crippen molar-refractivity contribution in [1.82, 2.24) is 0 Å². The second kappa shape index (κ2) is 6.79. The molecule has 0 aromatic heterocycles. The Morgan fingerprint density at radius 2 is 1.50 bits per heavy atom. The van der Waals surface area contributed by atoms with E-state index in [9.17, 15) is 22.4 Å². The van der Waals surface area contributed by atoms with Crippen LogP contribution in [0.5, 0.6) is 5.75 Å². The summed E-state index contributed by atoms with van der Waals surface area (Å²) >= 11 is 0. The maximum absolute atomic E-state index is 13.0. The topological polar surface area (TPSA) is 50.4 Å².